The van der Waals surface area contributed by atoms with Gasteiger partial charge in [-0.1, -0.05) is 18.2 Å². The van der Waals surface area contributed by atoms with E-state index in [9.17, 15) is 4.79 Å². The molecule has 0 radical (unpaired) electrons. The van der Waals surface area contributed by atoms with E-state index in [-0.39, 0.29) is 11.1 Å². The van der Waals surface area contributed by atoms with Crippen LogP contribution in [0.25, 0.3) is 10.1 Å². The molecule has 0 aliphatic rings. The highest BCUT2D eigenvalue weighted by Crippen LogP contribution is 2.26. The van der Waals surface area contributed by atoms with Gasteiger partial charge in [0.15, 0.2) is 0 Å². The Hall–Kier alpha value is -2.38. The molecular formula is C16H12N2OS. The molecule has 2 heterocycles. The molecule has 0 amide bonds. The zero-order valence-corrected chi connectivity index (χ0v) is 11.8. The summed E-state index contributed by atoms with van der Waals surface area (Å²) in [6, 6.07) is 13.5. The number of hydrogen-bond donors (Lipinski definition) is 0. The summed E-state index contributed by atoms with van der Waals surface area (Å²) in [6.07, 6.45) is 0. The summed E-state index contributed by atoms with van der Waals surface area (Å²) >= 11 is 1.67. The first-order chi connectivity index (χ1) is 9.70. The van der Waals surface area contributed by atoms with Crippen molar-refractivity contribution in [1.29, 1.82) is 5.26 Å². The molecule has 98 valence electrons. The summed E-state index contributed by atoms with van der Waals surface area (Å²) in [5, 5.41) is 12.2. The van der Waals surface area contributed by atoms with E-state index in [2.05, 4.69) is 17.5 Å². The Morgan fingerprint density at radius 1 is 1.25 bits per heavy atom. The number of nitriles is 1. The van der Waals surface area contributed by atoms with Gasteiger partial charge in [-0.05, 0) is 41.5 Å². The monoisotopic (exact) mass is 280 g/mol. The van der Waals surface area contributed by atoms with E-state index in [0.717, 1.165) is 11.3 Å². The third-order valence-corrected chi connectivity index (χ3v) is 4.41. The van der Waals surface area contributed by atoms with Crippen LogP contribution >= 0.6 is 11.3 Å². The highest BCUT2D eigenvalue weighted by molar-refractivity contribution is 7.17. The van der Waals surface area contributed by atoms with Crippen molar-refractivity contribution in [3.63, 3.8) is 0 Å². The number of benzene rings is 1. The van der Waals surface area contributed by atoms with Gasteiger partial charge in [0, 0.05) is 10.4 Å². The Kier molecular flexibility index (Phi) is 3.13. The Balaban J connectivity index is 2.13. The molecule has 0 atom stereocenters. The first kappa shape index (κ1) is 12.6. The second kappa shape index (κ2) is 4.95. The Morgan fingerprint density at radius 2 is 2.05 bits per heavy atom. The minimum Gasteiger partial charge on any atom is -0.307 e. The Labute approximate surface area is 120 Å². The largest absolute Gasteiger partial charge is 0.307 e. The van der Waals surface area contributed by atoms with Crippen molar-refractivity contribution in [2.24, 2.45) is 0 Å². The van der Waals surface area contributed by atoms with E-state index in [0.29, 0.717) is 6.54 Å². The minimum atomic E-state index is -0.220. The lowest BCUT2D eigenvalue weighted by Crippen LogP contribution is -2.24. The standard InChI is InChI=1S/C16H12N2OS/c1-11-6-7-12(8-17)16(19)18(11)9-13-10-20-15-5-3-2-4-14(13)15/h2-7,10H,9H2,1H3. The van der Waals surface area contributed by atoms with Gasteiger partial charge in [0.1, 0.15) is 11.6 Å². The van der Waals surface area contributed by atoms with Crippen molar-refractivity contribution >= 4 is 21.4 Å². The predicted molar refractivity (Wildman–Crippen MR) is 81.1 cm³/mol. The molecule has 0 N–H and O–H groups in total. The number of hydrogen-bond acceptors (Lipinski definition) is 3. The number of rotatable bonds is 2. The van der Waals surface area contributed by atoms with Crippen molar-refractivity contribution in [3.05, 3.63) is 69.0 Å². The van der Waals surface area contributed by atoms with Gasteiger partial charge < -0.3 is 4.57 Å². The van der Waals surface area contributed by atoms with Gasteiger partial charge in [-0.2, -0.15) is 5.26 Å². The van der Waals surface area contributed by atoms with Crippen LogP contribution in [-0.4, -0.2) is 4.57 Å². The van der Waals surface area contributed by atoms with Crippen LogP contribution in [-0.2, 0) is 6.54 Å². The number of nitrogens with zero attached hydrogens (tertiary/aromatic N) is 2. The van der Waals surface area contributed by atoms with Crippen molar-refractivity contribution in [2.45, 2.75) is 13.5 Å². The number of aryl methyl sites for hydroxylation is 1. The molecule has 0 saturated heterocycles. The van der Waals surface area contributed by atoms with Gasteiger partial charge in [-0.25, -0.2) is 0 Å². The molecule has 2 aromatic heterocycles. The van der Waals surface area contributed by atoms with E-state index in [1.54, 1.807) is 22.0 Å². The zero-order chi connectivity index (χ0) is 14.1. The Bertz CT molecular complexity index is 883. The third-order valence-electron chi connectivity index (χ3n) is 3.40. The van der Waals surface area contributed by atoms with Crippen LogP contribution in [0.15, 0.2) is 46.6 Å². The summed E-state index contributed by atoms with van der Waals surface area (Å²) < 4.78 is 2.87. The van der Waals surface area contributed by atoms with Gasteiger partial charge in [0.2, 0.25) is 0 Å². The van der Waals surface area contributed by atoms with Crippen LogP contribution in [0, 0.1) is 18.3 Å². The van der Waals surface area contributed by atoms with Crippen molar-refractivity contribution in [1.82, 2.24) is 4.57 Å². The Morgan fingerprint density at radius 3 is 2.85 bits per heavy atom. The molecule has 0 aliphatic carbocycles. The lowest BCUT2D eigenvalue weighted by Gasteiger charge is -2.09. The normalized spacial score (nSPS) is 10.6. The van der Waals surface area contributed by atoms with Gasteiger partial charge in [0.25, 0.3) is 5.56 Å². The SMILES string of the molecule is Cc1ccc(C#N)c(=O)n1Cc1csc2ccccc12. The summed E-state index contributed by atoms with van der Waals surface area (Å²) in [4.78, 5) is 12.2. The number of aromatic nitrogens is 1. The molecule has 0 fully saturated rings. The van der Waals surface area contributed by atoms with Crippen molar-refractivity contribution < 1.29 is 0 Å². The first-order valence-corrected chi connectivity index (χ1v) is 7.14. The van der Waals surface area contributed by atoms with E-state index in [4.69, 9.17) is 5.26 Å². The quantitative estimate of drug-likeness (QED) is 0.723. The minimum absolute atomic E-state index is 0.190. The molecule has 4 heteroatoms. The molecule has 0 aliphatic heterocycles. The van der Waals surface area contributed by atoms with Gasteiger partial charge in [-0.15, -0.1) is 11.3 Å². The maximum absolute atomic E-state index is 12.2. The van der Waals surface area contributed by atoms with E-state index >= 15 is 0 Å². The molecule has 0 bridgehead atoms. The van der Waals surface area contributed by atoms with Crippen LogP contribution in [0.3, 0.4) is 0 Å². The van der Waals surface area contributed by atoms with Crippen LogP contribution in [0.1, 0.15) is 16.8 Å². The molecule has 3 aromatic rings. The van der Waals surface area contributed by atoms with E-state index in [1.165, 1.54) is 10.1 Å². The molecule has 3 rings (SSSR count). The number of thiophene rings is 1. The molecule has 20 heavy (non-hydrogen) atoms. The molecule has 3 nitrogen and oxygen atoms in total. The highest BCUT2D eigenvalue weighted by atomic mass is 32.1. The summed E-state index contributed by atoms with van der Waals surface area (Å²) in [6.45, 7) is 2.39. The molecule has 1 aromatic carbocycles. The van der Waals surface area contributed by atoms with Crippen LogP contribution in [0.5, 0.6) is 0 Å². The first-order valence-electron chi connectivity index (χ1n) is 6.26. The van der Waals surface area contributed by atoms with Crippen LogP contribution in [0.4, 0.5) is 0 Å². The van der Waals surface area contributed by atoms with E-state index < -0.39 is 0 Å². The fourth-order valence-electron chi connectivity index (χ4n) is 2.28. The molecule has 0 spiro atoms. The molecule has 0 unspecified atom stereocenters. The zero-order valence-electron chi connectivity index (χ0n) is 11.0. The average molecular weight is 280 g/mol. The van der Waals surface area contributed by atoms with Crippen LogP contribution in [0.2, 0.25) is 0 Å². The van der Waals surface area contributed by atoms with Crippen molar-refractivity contribution in [3.8, 4) is 6.07 Å². The fourth-order valence-corrected chi connectivity index (χ4v) is 3.23. The summed E-state index contributed by atoms with van der Waals surface area (Å²) in [7, 11) is 0. The summed E-state index contributed by atoms with van der Waals surface area (Å²) in [5.74, 6) is 0. The van der Waals surface area contributed by atoms with Gasteiger partial charge in [-0.3, -0.25) is 4.79 Å². The van der Waals surface area contributed by atoms with Crippen LogP contribution < -0.4 is 5.56 Å². The van der Waals surface area contributed by atoms with Gasteiger partial charge >= 0.3 is 0 Å². The fraction of sp³-hybridized carbons (Fsp3) is 0.125. The molecule has 0 saturated carbocycles. The lowest BCUT2D eigenvalue weighted by molar-refractivity contribution is 0.732. The van der Waals surface area contributed by atoms with E-state index in [1.807, 2.05) is 31.2 Å². The average Bonchev–Trinajstić information content (AvgIpc) is 2.87. The van der Waals surface area contributed by atoms with Gasteiger partial charge in [0.05, 0.1) is 6.54 Å². The maximum atomic E-state index is 12.2. The maximum Gasteiger partial charge on any atom is 0.268 e. The molecular weight excluding hydrogens is 268 g/mol. The predicted octanol–water partition coefficient (Wildman–Crippen LogP) is 3.29. The second-order valence-corrected chi connectivity index (χ2v) is 5.56. The lowest BCUT2D eigenvalue weighted by atomic mass is 10.1. The number of pyridine rings is 1. The smallest absolute Gasteiger partial charge is 0.268 e. The third kappa shape index (κ3) is 2.02. The van der Waals surface area contributed by atoms with Crippen molar-refractivity contribution in [2.75, 3.05) is 0 Å². The summed E-state index contributed by atoms with van der Waals surface area (Å²) in [5.41, 5.74) is 1.95. The topological polar surface area (TPSA) is 45.8 Å². The second-order valence-electron chi connectivity index (χ2n) is 4.65. The highest BCUT2D eigenvalue weighted by Gasteiger charge is 2.09. The number of fused-ring (bicyclic) bond motifs is 1.